The van der Waals surface area contributed by atoms with Crippen LogP contribution in [0.25, 0.3) is 0 Å². The van der Waals surface area contributed by atoms with Crippen LogP contribution in [0.2, 0.25) is 10.0 Å². The third-order valence-corrected chi connectivity index (χ3v) is 7.49. The van der Waals surface area contributed by atoms with Gasteiger partial charge in [0.25, 0.3) is 0 Å². The summed E-state index contributed by atoms with van der Waals surface area (Å²) in [6, 6.07) is 10.5. The number of nitrogens with one attached hydrogen (secondary N) is 1. The van der Waals surface area contributed by atoms with Crippen molar-refractivity contribution in [2.24, 2.45) is 5.92 Å². The number of piperidine rings is 1. The van der Waals surface area contributed by atoms with E-state index >= 15 is 0 Å². The Morgan fingerprint density at radius 2 is 1.74 bits per heavy atom. The quantitative estimate of drug-likeness (QED) is 0.619. The van der Waals surface area contributed by atoms with Crippen molar-refractivity contribution in [2.75, 3.05) is 25.0 Å². The molecule has 0 aromatic heterocycles. The standard InChI is InChI=1S/C21H22Cl2N2O5S/c1-2-30-21(27)15-3-8-19(18(23)13-15)24-20(26)14-9-11-25(12-10-14)31(28,29)17-6-4-16(22)5-7-17/h3-8,13-14H,2,9-12H2,1H3,(H,24,26). The van der Waals surface area contributed by atoms with E-state index in [4.69, 9.17) is 27.9 Å². The number of halogens is 2. The summed E-state index contributed by atoms with van der Waals surface area (Å²) in [5.41, 5.74) is 0.682. The molecule has 1 amide bonds. The number of carbonyl (C=O) groups excluding carboxylic acids is 2. The van der Waals surface area contributed by atoms with Crippen LogP contribution in [-0.2, 0) is 19.6 Å². The number of esters is 1. The minimum absolute atomic E-state index is 0.174. The van der Waals surface area contributed by atoms with Crippen molar-refractivity contribution in [3.8, 4) is 0 Å². The molecule has 3 rings (SSSR count). The summed E-state index contributed by atoms with van der Waals surface area (Å²) in [5.74, 6) is -1.08. The smallest absolute Gasteiger partial charge is 0.338 e. The number of nitrogens with zero attached hydrogens (tertiary/aromatic N) is 1. The van der Waals surface area contributed by atoms with Gasteiger partial charge in [-0.2, -0.15) is 4.31 Å². The average molecular weight is 485 g/mol. The van der Waals surface area contributed by atoms with E-state index in [0.717, 1.165) is 0 Å². The number of hydrogen-bond donors (Lipinski definition) is 1. The molecule has 10 heteroatoms. The minimum Gasteiger partial charge on any atom is -0.462 e. The van der Waals surface area contributed by atoms with Gasteiger partial charge in [0.15, 0.2) is 0 Å². The number of sulfonamides is 1. The molecule has 0 radical (unpaired) electrons. The van der Waals surface area contributed by atoms with E-state index in [2.05, 4.69) is 5.32 Å². The van der Waals surface area contributed by atoms with Crippen LogP contribution in [0, 0.1) is 5.92 Å². The summed E-state index contributed by atoms with van der Waals surface area (Å²) in [4.78, 5) is 24.6. The Bertz CT molecular complexity index is 1070. The number of amides is 1. The fourth-order valence-electron chi connectivity index (χ4n) is 3.31. The molecule has 0 spiro atoms. The first-order valence-corrected chi connectivity index (χ1v) is 11.9. The number of hydrogen-bond acceptors (Lipinski definition) is 5. The maximum absolute atomic E-state index is 12.8. The highest BCUT2D eigenvalue weighted by molar-refractivity contribution is 7.89. The van der Waals surface area contributed by atoms with Crippen molar-refractivity contribution < 1.29 is 22.7 Å². The molecule has 2 aromatic carbocycles. The maximum Gasteiger partial charge on any atom is 0.338 e. The number of benzene rings is 2. The fourth-order valence-corrected chi connectivity index (χ4v) is 5.13. The Kier molecular flexibility index (Phi) is 7.59. The van der Waals surface area contributed by atoms with Gasteiger partial charge in [-0.05, 0) is 62.2 Å². The van der Waals surface area contributed by atoms with Gasteiger partial charge in [0.05, 0.1) is 27.8 Å². The zero-order valence-electron chi connectivity index (χ0n) is 16.8. The number of ether oxygens (including phenoxy) is 1. The van der Waals surface area contributed by atoms with E-state index in [-0.39, 0.29) is 41.4 Å². The van der Waals surface area contributed by atoms with Gasteiger partial charge in [-0.3, -0.25) is 4.79 Å². The molecule has 1 heterocycles. The van der Waals surface area contributed by atoms with E-state index in [1.165, 1.54) is 40.7 Å². The van der Waals surface area contributed by atoms with Crippen LogP contribution in [0.3, 0.4) is 0 Å². The first-order valence-electron chi connectivity index (χ1n) is 9.75. The van der Waals surface area contributed by atoms with Crippen LogP contribution in [0.4, 0.5) is 5.69 Å². The minimum atomic E-state index is -3.63. The van der Waals surface area contributed by atoms with Gasteiger partial charge in [0, 0.05) is 24.0 Å². The second-order valence-corrected chi connectivity index (χ2v) is 9.82. The molecular formula is C21H22Cl2N2O5S. The molecule has 1 aliphatic rings. The first-order chi connectivity index (χ1) is 14.7. The van der Waals surface area contributed by atoms with Crippen LogP contribution in [0.5, 0.6) is 0 Å². The molecule has 2 aromatic rings. The predicted molar refractivity (Wildman–Crippen MR) is 119 cm³/mol. The maximum atomic E-state index is 12.8. The largest absolute Gasteiger partial charge is 0.462 e. The monoisotopic (exact) mass is 484 g/mol. The lowest BCUT2D eigenvalue weighted by atomic mass is 9.97. The van der Waals surface area contributed by atoms with Gasteiger partial charge >= 0.3 is 5.97 Å². The fraction of sp³-hybridized carbons (Fsp3) is 0.333. The molecule has 0 bridgehead atoms. The van der Waals surface area contributed by atoms with E-state index in [0.29, 0.717) is 29.1 Å². The van der Waals surface area contributed by atoms with Crippen molar-refractivity contribution in [1.82, 2.24) is 4.31 Å². The van der Waals surface area contributed by atoms with E-state index in [9.17, 15) is 18.0 Å². The van der Waals surface area contributed by atoms with Crippen LogP contribution in [0.15, 0.2) is 47.4 Å². The van der Waals surface area contributed by atoms with Crippen molar-refractivity contribution in [2.45, 2.75) is 24.7 Å². The van der Waals surface area contributed by atoms with Crippen molar-refractivity contribution in [3.05, 3.63) is 58.1 Å². The Morgan fingerprint density at radius 3 is 2.32 bits per heavy atom. The topological polar surface area (TPSA) is 92.8 Å². The number of anilines is 1. The Hall–Kier alpha value is -2.13. The van der Waals surface area contributed by atoms with Crippen LogP contribution in [0.1, 0.15) is 30.1 Å². The molecule has 7 nitrogen and oxygen atoms in total. The summed E-state index contributed by atoms with van der Waals surface area (Å²) in [6.45, 7) is 2.43. The Balaban J connectivity index is 1.60. The summed E-state index contributed by atoms with van der Waals surface area (Å²) in [7, 11) is -3.63. The normalized spacial score (nSPS) is 15.5. The lowest BCUT2D eigenvalue weighted by Crippen LogP contribution is -2.41. The highest BCUT2D eigenvalue weighted by atomic mass is 35.5. The van der Waals surface area contributed by atoms with E-state index in [1.807, 2.05) is 0 Å². The van der Waals surface area contributed by atoms with E-state index < -0.39 is 16.0 Å². The molecule has 0 saturated carbocycles. The number of rotatable bonds is 6. The molecule has 1 aliphatic heterocycles. The Labute approximate surface area is 191 Å². The third-order valence-electron chi connectivity index (χ3n) is 5.01. The average Bonchev–Trinajstić information content (AvgIpc) is 2.75. The lowest BCUT2D eigenvalue weighted by molar-refractivity contribution is -0.120. The van der Waals surface area contributed by atoms with E-state index in [1.54, 1.807) is 13.0 Å². The molecule has 0 aliphatic carbocycles. The highest BCUT2D eigenvalue weighted by Crippen LogP contribution is 2.28. The molecule has 1 saturated heterocycles. The summed E-state index contributed by atoms with van der Waals surface area (Å²) in [5, 5.41) is 3.45. The van der Waals surface area contributed by atoms with Crippen LogP contribution in [-0.4, -0.2) is 44.3 Å². The van der Waals surface area contributed by atoms with Crippen molar-refractivity contribution >= 4 is 50.8 Å². The molecule has 31 heavy (non-hydrogen) atoms. The van der Waals surface area contributed by atoms with Gasteiger partial charge in [0.1, 0.15) is 0 Å². The molecule has 1 N–H and O–H groups in total. The first kappa shape index (κ1) is 23.5. The van der Waals surface area contributed by atoms with Gasteiger partial charge in [-0.25, -0.2) is 13.2 Å². The Morgan fingerprint density at radius 1 is 1.10 bits per heavy atom. The molecular weight excluding hydrogens is 463 g/mol. The molecule has 166 valence electrons. The lowest BCUT2D eigenvalue weighted by Gasteiger charge is -2.30. The van der Waals surface area contributed by atoms with Crippen molar-refractivity contribution in [3.63, 3.8) is 0 Å². The second-order valence-electron chi connectivity index (χ2n) is 7.04. The van der Waals surface area contributed by atoms with Gasteiger partial charge in [-0.1, -0.05) is 23.2 Å². The SMILES string of the molecule is CCOC(=O)c1ccc(NC(=O)C2CCN(S(=O)(=O)c3ccc(Cl)cc3)CC2)c(Cl)c1. The van der Waals surface area contributed by atoms with Gasteiger partial charge in [-0.15, -0.1) is 0 Å². The summed E-state index contributed by atoms with van der Waals surface area (Å²) < 4.78 is 31.8. The second kappa shape index (κ2) is 9.99. The summed E-state index contributed by atoms with van der Waals surface area (Å²) in [6.07, 6.45) is 0.772. The molecule has 0 atom stereocenters. The molecule has 1 fully saturated rings. The molecule has 0 unspecified atom stereocenters. The highest BCUT2D eigenvalue weighted by Gasteiger charge is 2.32. The van der Waals surface area contributed by atoms with Gasteiger partial charge in [0.2, 0.25) is 15.9 Å². The summed E-state index contributed by atoms with van der Waals surface area (Å²) >= 11 is 12.0. The van der Waals surface area contributed by atoms with Crippen molar-refractivity contribution in [1.29, 1.82) is 0 Å². The predicted octanol–water partition coefficient (Wildman–Crippen LogP) is 4.21. The van der Waals surface area contributed by atoms with Gasteiger partial charge < -0.3 is 10.1 Å². The third kappa shape index (κ3) is 5.57. The zero-order chi connectivity index (χ0) is 22.6. The van der Waals surface area contributed by atoms with Crippen LogP contribution < -0.4 is 5.32 Å². The number of carbonyl (C=O) groups is 2. The van der Waals surface area contributed by atoms with Crippen LogP contribution >= 0.6 is 23.2 Å². The zero-order valence-corrected chi connectivity index (χ0v) is 19.1.